The van der Waals surface area contributed by atoms with E-state index in [9.17, 15) is 22.8 Å². The van der Waals surface area contributed by atoms with Gasteiger partial charge in [-0.2, -0.15) is 18.3 Å². The lowest BCUT2D eigenvalue weighted by atomic mass is 10.2. The Kier molecular flexibility index (Phi) is 4.74. The summed E-state index contributed by atoms with van der Waals surface area (Å²) in [5.41, 5.74) is -1.45. The molecule has 0 saturated carbocycles. The van der Waals surface area contributed by atoms with Crippen LogP contribution in [0.4, 0.5) is 13.2 Å². The first-order chi connectivity index (χ1) is 10.8. The molecule has 0 bridgehead atoms. The molecule has 9 heteroatoms. The fraction of sp³-hybridized carbons (Fsp3) is 0.214. The number of aldehydes is 1. The number of alkyl halides is 3. The van der Waals surface area contributed by atoms with Gasteiger partial charge >= 0.3 is 12.1 Å². The molecule has 0 aliphatic heterocycles. The van der Waals surface area contributed by atoms with Gasteiger partial charge in [-0.25, -0.2) is 9.48 Å². The van der Waals surface area contributed by atoms with Gasteiger partial charge in [-0.15, -0.1) is 0 Å². The lowest BCUT2D eigenvalue weighted by Gasteiger charge is -2.10. The monoisotopic (exact) mass is 346 g/mol. The molecule has 0 radical (unpaired) electrons. The molecule has 122 valence electrons. The minimum Gasteiger partial charge on any atom is -0.461 e. The summed E-state index contributed by atoms with van der Waals surface area (Å²) in [6.07, 6.45) is -3.10. The second-order valence-electron chi connectivity index (χ2n) is 4.38. The molecule has 1 aromatic heterocycles. The van der Waals surface area contributed by atoms with Gasteiger partial charge in [0.1, 0.15) is 0 Å². The Morgan fingerprint density at radius 2 is 2.13 bits per heavy atom. The van der Waals surface area contributed by atoms with E-state index < -0.39 is 17.7 Å². The van der Waals surface area contributed by atoms with E-state index in [1.165, 1.54) is 0 Å². The number of rotatable bonds is 4. The predicted molar refractivity (Wildman–Crippen MR) is 74.9 cm³/mol. The Morgan fingerprint density at radius 3 is 2.70 bits per heavy atom. The van der Waals surface area contributed by atoms with Gasteiger partial charge in [0.25, 0.3) is 0 Å². The minimum absolute atomic E-state index is 0.0200. The van der Waals surface area contributed by atoms with Gasteiger partial charge in [-0.1, -0.05) is 11.6 Å². The van der Waals surface area contributed by atoms with Crippen molar-refractivity contribution in [3.63, 3.8) is 0 Å². The third kappa shape index (κ3) is 3.53. The van der Waals surface area contributed by atoms with Crippen LogP contribution in [0.3, 0.4) is 0 Å². The predicted octanol–water partition coefficient (Wildman–Crippen LogP) is 3.53. The molecule has 0 aliphatic rings. The number of halogens is 4. The molecule has 0 N–H and O–H groups in total. The standard InChI is InChI=1S/C14H10ClF3N2O3/c1-2-23-13(22)12-8(7-21)6-20(19-12)11-5-9(14(16,17)18)3-4-10(11)15/h3-7H,2H2,1H3. The summed E-state index contributed by atoms with van der Waals surface area (Å²) in [7, 11) is 0. The first-order valence-corrected chi connectivity index (χ1v) is 6.74. The smallest absolute Gasteiger partial charge is 0.416 e. The molecule has 0 unspecified atom stereocenters. The molecule has 0 aliphatic carbocycles. The molecule has 1 aromatic carbocycles. The van der Waals surface area contributed by atoms with E-state index in [-0.39, 0.29) is 28.6 Å². The van der Waals surface area contributed by atoms with Crippen molar-refractivity contribution in [1.82, 2.24) is 9.78 Å². The highest BCUT2D eigenvalue weighted by molar-refractivity contribution is 6.32. The second-order valence-corrected chi connectivity index (χ2v) is 4.79. The van der Waals surface area contributed by atoms with Gasteiger partial charge in [-0.05, 0) is 25.1 Å². The number of ether oxygens (including phenoxy) is 1. The largest absolute Gasteiger partial charge is 0.461 e. The molecular weight excluding hydrogens is 337 g/mol. The Bertz CT molecular complexity index is 756. The molecule has 2 rings (SSSR count). The minimum atomic E-state index is -4.57. The fourth-order valence-electron chi connectivity index (χ4n) is 1.82. The molecule has 2 aromatic rings. The molecule has 0 spiro atoms. The van der Waals surface area contributed by atoms with Gasteiger partial charge in [0.2, 0.25) is 0 Å². The topological polar surface area (TPSA) is 61.2 Å². The Balaban J connectivity index is 2.54. The molecule has 0 amide bonds. The Morgan fingerprint density at radius 1 is 1.43 bits per heavy atom. The van der Waals surface area contributed by atoms with Crippen LogP contribution in [0.2, 0.25) is 5.02 Å². The van der Waals surface area contributed by atoms with Crippen molar-refractivity contribution in [3.8, 4) is 5.69 Å². The van der Waals surface area contributed by atoms with Gasteiger partial charge in [-0.3, -0.25) is 4.79 Å². The van der Waals surface area contributed by atoms with E-state index in [0.29, 0.717) is 6.29 Å². The molecule has 23 heavy (non-hydrogen) atoms. The molecular formula is C14H10ClF3N2O3. The van der Waals surface area contributed by atoms with E-state index in [1.807, 2.05) is 0 Å². The van der Waals surface area contributed by atoms with E-state index in [1.54, 1.807) is 6.92 Å². The van der Waals surface area contributed by atoms with Crippen LogP contribution in [0.25, 0.3) is 5.69 Å². The van der Waals surface area contributed by atoms with Crippen molar-refractivity contribution in [3.05, 3.63) is 46.2 Å². The highest BCUT2D eigenvalue weighted by Crippen LogP contribution is 2.33. The lowest BCUT2D eigenvalue weighted by Crippen LogP contribution is -2.09. The SMILES string of the molecule is CCOC(=O)c1nn(-c2cc(C(F)(F)F)ccc2Cl)cc1C=O. The van der Waals surface area contributed by atoms with E-state index in [2.05, 4.69) is 5.10 Å². The van der Waals surface area contributed by atoms with Crippen LogP contribution < -0.4 is 0 Å². The van der Waals surface area contributed by atoms with Crippen LogP contribution >= 0.6 is 11.6 Å². The maximum Gasteiger partial charge on any atom is 0.416 e. The van der Waals surface area contributed by atoms with E-state index in [4.69, 9.17) is 16.3 Å². The summed E-state index contributed by atoms with van der Waals surface area (Å²) in [4.78, 5) is 22.7. The number of hydrogen-bond acceptors (Lipinski definition) is 4. The van der Waals surface area contributed by atoms with Crippen LogP contribution in [0.15, 0.2) is 24.4 Å². The number of nitrogens with zero attached hydrogens (tertiary/aromatic N) is 2. The molecule has 1 heterocycles. The molecule has 0 fully saturated rings. The van der Waals surface area contributed by atoms with Crippen molar-refractivity contribution in [1.29, 1.82) is 0 Å². The zero-order valence-electron chi connectivity index (χ0n) is 11.7. The maximum absolute atomic E-state index is 12.8. The third-order valence-electron chi connectivity index (χ3n) is 2.86. The van der Waals surface area contributed by atoms with Gasteiger partial charge < -0.3 is 4.74 Å². The van der Waals surface area contributed by atoms with Crippen LogP contribution in [0.1, 0.15) is 33.3 Å². The van der Waals surface area contributed by atoms with Crippen LogP contribution in [-0.4, -0.2) is 28.6 Å². The van der Waals surface area contributed by atoms with Crippen molar-refractivity contribution in [2.75, 3.05) is 6.61 Å². The maximum atomic E-state index is 12.8. The zero-order valence-corrected chi connectivity index (χ0v) is 12.5. The summed E-state index contributed by atoms with van der Waals surface area (Å²) in [6.45, 7) is 1.63. The highest BCUT2D eigenvalue weighted by Gasteiger charge is 2.31. The molecule has 5 nitrogen and oxygen atoms in total. The first-order valence-electron chi connectivity index (χ1n) is 6.37. The lowest BCUT2D eigenvalue weighted by molar-refractivity contribution is -0.137. The van der Waals surface area contributed by atoms with Crippen molar-refractivity contribution in [2.45, 2.75) is 13.1 Å². The number of aromatic nitrogens is 2. The number of carbonyl (C=O) groups is 2. The summed E-state index contributed by atoms with van der Waals surface area (Å²) in [6, 6.07) is 2.66. The molecule has 0 atom stereocenters. The van der Waals surface area contributed by atoms with E-state index >= 15 is 0 Å². The third-order valence-corrected chi connectivity index (χ3v) is 3.18. The average Bonchev–Trinajstić information content (AvgIpc) is 2.91. The number of hydrogen-bond donors (Lipinski definition) is 0. The van der Waals surface area contributed by atoms with Crippen molar-refractivity contribution >= 4 is 23.9 Å². The van der Waals surface area contributed by atoms with Gasteiger partial charge in [0, 0.05) is 6.20 Å². The second kappa shape index (κ2) is 6.41. The number of benzene rings is 1. The van der Waals surface area contributed by atoms with Crippen LogP contribution in [0, 0.1) is 0 Å². The number of esters is 1. The summed E-state index contributed by atoms with van der Waals surface area (Å²) >= 11 is 5.89. The van der Waals surface area contributed by atoms with Crippen LogP contribution in [-0.2, 0) is 10.9 Å². The normalized spacial score (nSPS) is 11.3. The summed E-state index contributed by atoms with van der Waals surface area (Å²) in [5, 5.41) is 3.79. The first kappa shape index (κ1) is 17.0. The van der Waals surface area contributed by atoms with Crippen molar-refractivity contribution in [2.24, 2.45) is 0 Å². The Labute approximate surface area is 133 Å². The quantitative estimate of drug-likeness (QED) is 0.627. The highest BCUT2D eigenvalue weighted by atomic mass is 35.5. The average molecular weight is 347 g/mol. The number of carbonyl (C=O) groups excluding carboxylic acids is 2. The Hall–Kier alpha value is -2.35. The summed E-state index contributed by atoms with van der Waals surface area (Å²) < 4.78 is 44.1. The van der Waals surface area contributed by atoms with E-state index in [0.717, 1.165) is 29.1 Å². The zero-order chi connectivity index (χ0) is 17.2. The fourth-order valence-corrected chi connectivity index (χ4v) is 2.02. The van der Waals surface area contributed by atoms with Crippen molar-refractivity contribution < 1.29 is 27.5 Å². The molecule has 0 saturated heterocycles. The van der Waals surface area contributed by atoms with Gasteiger partial charge in [0.05, 0.1) is 28.4 Å². The van der Waals surface area contributed by atoms with Crippen LogP contribution in [0.5, 0.6) is 0 Å². The summed E-state index contributed by atoms with van der Waals surface area (Å²) in [5.74, 6) is -0.851. The van der Waals surface area contributed by atoms with Gasteiger partial charge in [0.15, 0.2) is 12.0 Å².